The van der Waals surface area contributed by atoms with E-state index < -0.39 is 0 Å². The fraction of sp³-hybridized carbons (Fsp3) is 0.240. The quantitative estimate of drug-likeness (QED) is 0.550. The number of ketones is 1. The van der Waals surface area contributed by atoms with Crippen molar-refractivity contribution in [2.75, 3.05) is 24.9 Å². The second-order valence-electron chi connectivity index (χ2n) is 7.80. The molecule has 2 unspecified atom stereocenters. The monoisotopic (exact) mass is 432 g/mol. The van der Waals surface area contributed by atoms with Crippen molar-refractivity contribution in [2.45, 2.75) is 24.8 Å². The van der Waals surface area contributed by atoms with E-state index in [4.69, 9.17) is 9.47 Å². The lowest BCUT2D eigenvalue weighted by Crippen LogP contribution is -2.26. The molecule has 1 aliphatic carbocycles. The molecule has 5 rings (SSSR count). The Kier molecular flexibility index (Phi) is 5.16. The number of para-hydroxylation sites is 2. The van der Waals surface area contributed by atoms with Gasteiger partial charge in [-0.1, -0.05) is 24.3 Å². The maximum atomic E-state index is 13.5. The number of carbonyl (C=O) groups excluding carboxylic acids is 1. The average Bonchev–Trinajstić information content (AvgIpc) is 3.27. The molecule has 3 aromatic rings. The van der Waals surface area contributed by atoms with Crippen LogP contribution in [0.1, 0.15) is 35.2 Å². The van der Waals surface area contributed by atoms with Crippen molar-refractivity contribution in [3.8, 4) is 11.5 Å². The van der Waals surface area contributed by atoms with E-state index in [0.717, 1.165) is 34.6 Å². The molecular formula is C25H24N2O3S. The van der Waals surface area contributed by atoms with Crippen molar-refractivity contribution in [3.05, 3.63) is 81.7 Å². The number of carbonyl (C=O) groups is 1. The molecule has 0 spiro atoms. The molecule has 5 nitrogen and oxygen atoms in total. The van der Waals surface area contributed by atoms with Gasteiger partial charge in [0.05, 0.1) is 31.6 Å². The van der Waals surface area contributed by atoms with Gasteiger partial charge in [-0.2, -0.15) is 0 Å². The number of hydrogen-bond donors (Lipinski definition) is 2. The van der Waals surface area contributed by atoms with Crippen LogP contribution in [0, 0.1) is 0 Å². The Morgan fingerprint density at radius 3 is 2.48 bits per heavy atom. The van der Waals surface area contributed by atoms with Crippen LogP contribution >= 0.6 is 11.3 Å². The Morgan fingerprint density at radius 2 is 1.74 bits per heavy atom. The summed E-state index contributed by atoms with van der Waals surface area (Å²) in [5.74, 6) is 1.69. The highest BCUT2D eigenvalue weighted by molar-refractivity contribution is 7.10. The van der Waals surface area contributed by atoms with Crippen LogP contribution in [0.25, 0.3) is 0 Å². The molecule has 1 aromatic heterocycles. The predicted octanol–water partition coefficient (Wildman–Crippen LogP) is 5.74. The number of fused-ring (bicyclic) bond motifs is 1. The fourth-order valence-electron chi connectivity index (χ4n) is 4.50. The second kappa shape index (κ2) is 8.12. The molecule has 0 amide bonds. The summed E-state index contributed by atoms with van der Waals surface area (Å²) in [6.45, 7) is 0. The highest BCUT2D eigenvalue weighted by Gasteiger charge is 2.36. The fourth-order valence-corrected chi connectivity index (χ4v) is 5.33. The molecule has 2 atom stereocenters. The third kappa shape index (κ3) is 3.57. The lowest BCUT2D eigenvalue weighted by molar-refractivity contribution is -0.116. The van der Waals surface area contributed by atoms with E-state index in [0.29, 0.717) is 17.9 Å². The number of allylic oxidation sites excluding steroid dienone is 1. The van der Waals surface area contributed by atoms with Gasteiger partial charge in [0.15, 0.2) is 17.3 Å². The van der Waals surface area contributed by atoms with Gasteiger partial charge in [-0.05, 0) is 47.7 Å². The van der Waals surface area contributed by atoms with Crippen LogP contribution in [-0.2, 0) is 4.79 Å². The van der Waals surface area contributed by atoms with Crippen LogP contribution in [0.3, 0.4) is 0 Å². The summed E-state index contributed by atoms with van der Waals surface area (Å²) in [5.41, 5.74) is 4.71. The van der Waals surface area contributed by atoms with Crippen molar-refractivity contribution in [3.63, 3.8) is 0 Å². The molecule has 0 saturated heterocycles. The first-order valence-corrected chi connectivity index (χ1v) is 11.2. The topological polar surface area (TPSA) is 59.6 Å². The highest BCUT2D eigenvalue weighted by atomic mass is 32.1. The average molecular weight is 433 g/mol. The maximum Gasteiger partial charge on any atom is 0.163 e. The molecule has 158 valence electrons. The normalized spacial score (nSPS) is 20.1. The van der Waals surface area contributed by atoms with Crippen molar-refractivity contribution >= 4 is 28.5 Å². The molecule has 1 aliphatic heterocycles. The van der Waals surface area contributed by atoms with Gasteiger partial charge >= 0.3 is 0 Å². The first-order chi connectivity index (χ1) is 15.2. The van der Waals surface area contributed by atoms with Crippen LogP contribution < -0.4 is 20.1 Å². The van der Waals surface area contributed by atoms with E-state index in [9.17, 15) is 4.79 Å². The molecule has 0 saturated carbocycles. The first-order valence-electron chi connectivity index (χ1n) is 10.3. The third-order valence-electron chi connectivity index (χ3n) is 6.00. The Bertz CT molecular complexity index is 1150. The van der Waals surface area contributed by atoms with Gasteiger partial charge in [0, 0.05) is 28.5 Å². The summed E-state index contributed by atoms with van der Waals surface area (Å²) in [7, 11) is 3.25. The SMILES string of the molecule is COc1ccc(C2Nc3ccccc3NC3=C2C(=O)CC(c2cccs2)C3)cc1OC. The molecular weight excluding hydrogens is 408 g/mol. The number of thiophene rings is 1. The van der Waals surface area contributed by atoms with Gasteiger partial charge in [-0.25, -0.2) is 0 Å². The zero-order valence-electron chi connectivity index (χ0n) is 17.5. The molecule has 0 fully saturated rings. The molecule has 6 heteroatoms. The Morgan fingerprint density at radius 1 is 0.935 bits per heavy atom. The summed E-state index contributed by atoms with van der Waals surface area (Å²) in [5, 5.41) is 9.27. The number of anilines is 2. The van der Waals surface area contributed by atoms with Gasteiger partial charge < -0.3 is 20.1 Å². The Labute approximate surface area is 185 Å². The van der Waals surface area contributed by atoms with Crippen LogP contribution in [0.15, 0.2) is 71.2 Å². The Hall–Kier alpha value is -3.25. The summed E-state index contributed by atoms with van der Waals surface area (Å²) >= 11 is 1.72. The number of ether oxygens (including phenoxy) is 2. The molecule has 2 N–H and O–H groups in total. The summed E-state index contributed by atoms with van der Waals surface area (Å²) in [6, 6.07) is 17.8. The van der Waals surface area contributed by atoms with Crippen LogP contribution in [0.4, 0.5) is 11.4 Å². The molecule has 2 heterocycles. The second-order valence-corrected chi connectivity index (χ2v) is 8.78. The molecule has 31 heavy (non-hydrogen) atoms. The molecule has 2 aromatic carbocycles. The van der Waals surface area contributed by atoms with Crippen LogP contribution in [-0.4, -0.2) is 20.0 Å². The van der Waals surface area contributed by atoms with E-state index in [1.54, 1.807) is 25.6 Å². The van der Waals surface area contributed by atoms with Crippen LogP contribution in [0.2, 0.25) is 0 Å². The zero-order valence-corrected chi connectivity index (χ0v) is 18.3. The minimum atomic E-state index is -0.275. The molecule has 0 bridgehead atoms. The number of rotatable bonds is 4. The summed E-state index contributed by atoms with van der Waals surface area (Å²) in [4.78, 5) is 14.8. The standard InChI is InChI=1S/C25H24N2O3S/c1-29-21-10-9-15(14-22(21)30-2)25-24-19(26-17-6-3-4-7-18(17)27-25)12-16(13-20(24)28)23-8-5-11-31-23/h3-11,14,16,25-27H,12-13H2,1-2H3. The van der Waals surface area contributed by atoms with Crippen LogP contribution in [0.5, 0.6) is 11.5 Å². The maximum absolute atomic E-state index is 13.5. The number of hydrogen-bond acceptors (Lipinski definition) is 6. The third-order valence-corrected chi connectivity index (χ3v) is 7.03. The predicted molar refractivity (Wildman–Crippen MR) is 124 cm³/mol. The van der Waals surface area contributed by atoms with Gasteiger partial charge in [0.25, 0.3) is 0 Å². The molecule has 2 aliphatic rings. The van der Waals surface area contributed by atoms with E-state index in [1.807, 2.05) is 42.5 Å². The minimum absolute atomic E-state index is 0.173. The zero-order chi connectivity index (χ0) is 21.4. The lowest BCUT2D eigenvalue weighted by Gasteiger charge is -2.29. The van der Waals surface area contributed by atoms with Gasteiger partial charge in [-0.3, -0.25) is 4.79 Å². The molecule has 0 radical (unpaired) electrons. The summed E-state index contributed by atoms with van der Waals surface area (Å²) in [6.07, 6.45) is 1.32. The van der Waals surface area contributed by atoms with Gasteiger partial charge in [-0.15, -0.1) is 11.3 Å². The smallest absolute Gasteiger partial charge is 0.163 e. The van der Waals surface area contributed by atoms with Crippen molar-refractivity contribution in [2.24, 2.45) is 0 Å². The lowest BCUT2D eigenvalue weighted by atomic mass is 9.80. The van der Waals surface area contributed by atoms with Crippen molar-refractivity contribution < 1.29 is 14.3 Å². The first kappa shape index (κ1) is 19.7. The number of nitrogens with one attached hydrogen (secondary N) is 2. The minimum Gasteiger partial charge on any atom is -0.493 e. The van der Waals surface area contributed by atoms with Crippen molar-refractivity contribution in [1.29, 1.82) is 0 Å². The van der Waals surface area contributed by atoms with Gasteiger partial charge in [0.2, 0.25) is 0 Å². The summed E-state index contributed by atoms with van der Waals surface area (Å²) < 4.78 is 10.9. The van der Waals surface area contributed by atoms with E-state index in [-0.39, 0.29) is 17.7 Å². The van der Waals surface area contributed by atoms with Crippen molar-refractivity contribution in [1.82, 2.24) is 0 Å². The highest BCUT2D eigenvalue weighted by Crippen LogP contribution is 2.45. The van der Waals surface area contributed by atoms with E-state index >= 15 is 0 Å². The van der Waals surface area contributed by atoms with Gasteiger partial charge in [0.1, 0.15) is 0 Å². The van der Waals surface area contributed by atoms with E-state index in [1.165, 1.54) is 4.88 Å². The number of Topliss-reactive ketones (excluding diaryl/α,β-unsaturated/α-hetero) is 1. The number of benzene rings is 2. The van der Waals surface area contributed by atoms with E-state index in [2.05, 4.69) is 28.1 Å². The number of methoxy groups -OCH3 is 2. The largest absolute Gasteiger partial charge is 0.493 e. The Balaban J connectivity index is 1.63.